The molecule has 8 aromatic rings. The van der Waals surface area contributed by atoms with Crippen LogP contribution in [0.2, 0.25) is 0 Å². The molecule has 0 amide bonds. The molecule has 2 aromatic heterocycles. The molecule has 0 atom stereocenters. The van der Waals surface area contributed by atoms with Crippen LogP contribution in [0.3, 0.4) is 0 Å². The smallest absolute Gasteiger partial charge is 0.0563 e. The fourth-order valence-electron chi connectivity index (χ4n) is 6.04. The molecule has 0 saturated carbocycles. The fraction of sp³-hybridized carbons (Fsp3) is 0. The summed E-state index contributed by atoms with van der Waals surface area (Å²) in [5.41, 5.74) is 12.2. The van der Waals surface area contributed by atoms with E-state index in [-0.39, 0.29) is 0 Å². The molecule has 0 unspecified atom stereocenters. The highest BCUT2D eigenvalue weighted by Gasteiger charge is 2.22. The Bertz CT molecular complexity index is 1850. The van der Waals surface area contributed by atoms with Crippen molar-refractivity contribution in [3.05, 3.63) is 146 Å². The van der Waals surface area contributed by atoms with Gasteiger partial charge in [-0.25, -0.2) is 0 Å². The van der Waals surface area contributed by atoms with E-state index in [1.54, 1.807) is 0 Å². The van der Waals surface area contributed by atoms with Gasteiger partial charge in [-0.1, -0.05) is 97.1 Å². The zero-order chi connectivity index (χ0) is 25.1. The van der Waals surface area contributed by atoms with Crippen molar-refractivity contribution >= 4 is 32.8 Å². The Morgan fingerprint density at radius 3 is 1.03 bits per heavy atom. The second kappa shape index (κ2) is 8.22. The zero-order valence-electron chi connectivity index (χ0n) is 20.8. The number of aromatic nitrogens is 2. The molecule has 8 rings (SSSR count). The minimum absolute atomic E-state index is 1.18. The van der Waals surface area contributed by atoms with Crippen LogP contribution in [0.25, 0.3) is 66.5 Å². The first-order valence-corrected chi connectivity index (χ1v) is 13.0. The third kappa shape index (κ3) is 3.07. The molecule has 2 heteroatoms. The van der Waals surface area contributed by atoms with Gasteiger partial charge in [-0.2, -0.15) is 0 Å². The summed E-state index contributed by atoms with van der Waals surface area (Å²) < 4.78 is 4.84. The minimum atomic E-state index is 1.18. The summed E-state index contributed by atoms with van der Waals surface area (Å²) in [6.45, 7) is 0. The molecule has 6 aromatic carbocycles. The van der Waals surface area contributed by atoms with Gasteiger partial charge >= 0.3 is 0 Å². The van der Waals surface area contributed by atoms with Crippen LogP contribution < -0.4 is 0 Å². The van der Waals surface area contributed by atoms with Crippen molar-refractivity contribution in [1.82, 2.24) is 9.13 Å². The largest absolute Gasteiger partial charge is 0.309 e. The lowest BCUT2D eigenvalue weighted by atomic mass is 10.0. The summed E-state index contributed by atoms with van der Waals surface area (Å²) in [6.07, 6.45) is 0. The Morgan fingerprint density at radius 1 is 0.289 bits per heavy atom. The molecule has 2 heterocycles. The lowest BCUT2D eigenvalue weighted by Crippen LogP contribution is -1.98. The van der Waals surface area contributed by atoms with Gasteiger partial charge in [0.15, 0.2) is 0 Å². The summed E-state index contributed by atoms with van der Waals surface area (Å²) in [7, 11) is 0. The van der Waals surface area contributed by atoms with Gasteiger partial charge in [0.1, 0.15) is 0 Å². The molecule has 0 fully saturated rings. The monoisotopic (exact) mass is 484 g/mol. The molecule has 0 N–H and O–H groups in total. The van der Waals surface area contributed by atoms with Gasteiger partial charge in [0.25, 0.3) is 0 Å². The van der Waals surface area contributed by atoms with E-state index in [0.717, 1.165) is 0 Å². The highest BCUT2D eigenvalue weighted by atomic mass is 15.0. The van der Waals surface area contributed by atoms with Crippen LogP contribution in [-0.4, -0.2) is 9.13 Å². The summed E-state index contributed by atoms with van der Waals surface area (Å²) in [4.78, 5) is 0. The second-order valence-electron chi connectivity index (χ2n) is 9.85. The van der Waals surface area contributed by atoms with Gasteiger partial charge in [0.2, 0.25) is 0 Å². The van der Waals surface area contributed by atoms with Crippen molar-refractivity contribution in [1.29, 1.82) is 0 Å². The molecular weight excluding hydrogens is 460 g/mol. The van der Waals surface area contributed by atoms with Crippen LogP contribution in [0, 0.1) is 0 Å². The van der Waals surface area contributed by atoms with E-state index >= 15 is 0 Å². The Labute approximate surface area is 221 Å². The summed E-state index contributed by atoms with van der Waals surface area (Å²) in [5, 5.41) is 2.63. The van der Waals surface area contributed by atoms with Crippen LogP contribution in [0.15, 0.2) is 146 Å². The molecule has 0 aliphatic heterocycles. The number of rotatable bonds is 4. The standard InChI is InChI=1S/C36H24N2/c1-3-11-25(12-4-1)27-15-7-17-29(23-27)37-31-19-9-21-33-35(31)36-32(37)20-10-22-34(36)38(33)30-18-8-16-28(24-30)26-13-5-2-6-14-26/h1-24H. The Morgan fingerprint density at radius 2 is 0.632 bits per heavy atom. The predicted octanol–water partition coefficient (Wildman–Crippen LogP) is 9.50. The lowest BCUT2D eigenvalue weighted by molar-refractivity contribution is 1.16. The molecule has 0 spiro atoms. The average Bonchev–Trinajstić information content (AvgIpc) is 3.53. The van der Waals surface area contributed by atoms with E-state index in [0.29, 0.717) is 0 Å². The first-order valence-electron chi connectivity index (χ1n) is 13.0. The maximum absolute atomic E-state index is 2.42. The quantitative estimate of drug-likeness (QED) is 0.235. The van der Waals surface area contributed by atoms with Crippen LogP contribution in [0.4, 0.5) is 0 Å². The molecular formula is C36H24N2. The van der Waals surface area contributed by atoms with E-state index in [9.17, 15) is 0 Å². The Kier molecular flexibility index (Phi) is 4.55. The third-order valence-corrected chi connectivity index (χ3v) is 7.68. The van der Waals surface area contributed by atoms with Crippen LogP contribution in [0.1, 0.15) is 0 Å². The van der Waals surface area contributed by atoms with Gasteiger partial charge in [0, 0.05) is 22.1 Å². The van der Waals surface area contributed by atoms with Gasteiger partial charge in [-0.05, 0) is 70.8 Å². The number of benzene rings is 6. The van der Waals surface area contributed by atoms with Crippen molar-refractivity contribution in [3.8, 4) is 33.6 Å². The van der Waals surface area contributed by atoms with Gasteiger partial charge in [0.05, 0.1) is 22.1 Å². The zero-order valence-corrected chi connectivity index (χ0v) is 20.8. The third-order valence-electron chi connectivity index (χ3n) is 7.68. The van der Waals surface area contributed by atoms with Gasteiger partial charge in [-0.15, -0.1) is 0 Å². The van der Waals surface area contributed by atoms with Crippen molar-refractivity contribution in [3.63, 3.8) is 0 Å². The van der Waals surface area contributed by atoms with E-state index in [4.69, 9.17) is 0 Å². The molecule has 178 valence electrons. The number of hydrogen-bond acceptors (Lipinski definition) is 0. The Hall–Kier alpha value is -5.08. The van der Waals surface area contributed by atoms with Gasteiger partial charge < -0.3 is 9.13 Å². The van der Waals surface area contributed by atoms with Crippen molar-refractivity contribution < 1.29 is 0 Å². The van der Waals surface area contributed by atoms with E-state index in [1.165, 1.54) is 66.5 Å². The maximum Gasteiger partial charge on any atom is 0.0563 e. The second-order valence-corrected chi connectivity index (χ2v) is 9.85. The topological polar surface area (TPSA) is 9.86 Å². The Balaban J connectivity index is 1.38. The van der Waals surface area contributed by atoms with Crippen molar-refractivity contribution in [2.75, 3.05) is 0 Å². The average molecular weight is 485 g/mol. The van der Waals surface area contributed by atoms with Crippen molar-refractivity contribution in [2.45, 2.75) is 0 Å². The molecule has 0 aliphatic rings. The highest BCUT2D eigenvalue weighted by Crippen LogP contribution is 2.42. The molecule has 2 nitrogen and oxygen atoms in total. The summed E-state index contributed by atoms with van der Waals surface area (Å²) in [6, 6.07) is 52.3. The van der Waals surface area contributed by atoms with E-state index < -0.39 is 0 Å². The molecule has 0 aliphatic carbocycles. The molecule has 0 bridgehead atoms. The summed E-state index contributed by atoms with van der Waals surface area (Å²) >= 11 is 0. The molecule has 0 saturated heterocycles. The normalized spacial score (nSPS) is 11.7. The van der Waals surface area contributed by atoms with Crippen LogP contribution >= 0.6 is 0 Å². The lowest BCUT2D eigenvalue weighted by Gasteiger charge is -2.14. The molecule has 38 heavy (non-hydrogen) atoms. The minimum Gasteiger partial charge on any atom is -0.309 e. The van der Waals surface area contributed by atoms with E-state index in [1.807, 2.05) is 0 Å². The van der Waals surface area contributed by atoms with E-state index in [2.05, 4.69) is 155 Å². The number of nitrogens with zero attached hydrogens (tertiary/aromatic N) is 2. The van der Waals surface area contributed by atoms with Crippen molar-refractivity contribution in [2.24, 2.45) is 0 Å². The number of hydrogen-bond donors (Lipinski definition) is 0. The SMILES string of the molecule is c1ccc(-c2cccc(-n3c4cccc5c4c4c3cccc4n5-c3cccc(-c4ccccc4)c3)c2)cc1. The van der Waals surface area contributed by atoms with Crippen LogP contribution in [-0.2, 0) is 0 Å². The summed E-state index contributed by atoms with van der Waals surface area (Å²) in [5.74, 6) is 0. The molecule has 0 radical (unpaired) electrons. The predicted molar refractivity (Wildman–Crippen MR) is 160 cm³/mol. The maximum atomic E-state index is 2.42. The fourth-order valence-corrected chi connectivity index (χ4v) is 6.04. The van der Waals surface area contributed by atoms with Crippen LogP contribution in [0.5, 0.6) is 0 Å². The van der Waals surface area contributed by atoms with Gasteiger partial charge in [-0.3, -0.25) is 0 Å². The highest BCUT2D eigenvalue weighted by molar-refractivity contribution is 6.25. The first kappa shape index (κ1) is 21.0. The first-order chi connectivity index (χ1) is 18.9.